The van der Waals surface area contributed by atoms with Crippen LogP contribution >= 0.6 is 15.9 Å². The Morgan fingerprint density at radius 1 is 1.25 bits per heavy atom. The molecule has 0 bridgehead atoms. The molecule has 0 atom stereocenters. The molecule has 0 aliphatic rings. The lowest BCUT2D eigenvalue weighted by atomic mass is 10.0. The Hall–Kier alpha value is -2.81. The number of amides is 1. The smallest absolute Gasteiger partial charge is 0.412 e. The second-order valence-electron chi connectivity index (χ2n) is 6.99. The molecule has 2 aromatic heterocycles. The third-order valence-electron chi connectivity index (χ3n) is 3.70. The molecule has 0 fully saturated rings. The number of anilines is 1. The molecule has 0 aliphatic carbocycles. The number of ether oxygens (including phenoxy) is 1. The first kappa shape index (κ1) is 19.9. The van der Waals surface area contributed by atoms with Crippen molar-refractivity contribution in [1.29, 1.82) is 0 Å². The van der Waals surface area contributed by atoms with Crippen LogP contribution < -0.4 is 5.32 Å². The van der Waals surface area contributed by atoms with Crippen LogP contribution in [0.3, 0.4) is 0 Å². The molecule has 3 aromatic rings. The highest BCUT2D eigenvalue weighted by molar-refractivity contribution is 9.10. The van der Waals surface area contributed by atoms with Crippen LogP contribution in [-0.4, -0.2) is 27.4 Å². The van der Waals surface area contributed by atoms with Crippen LogP contribution in [0.25, 0.3) is 11.0 Å². The molecule has 2 heterocycles. The number of aromatic nitrogens is 2. The molecule has 0 spiro atoms. The van der Waals surface area contributed by atoms with Crippen molar-refractivity contribution in [3.63, 3.8) is 0 Å². The van der Waals surface area contributed by atoms with Crippen molar-refractivity contribution in [3.05, 3.63) is 57.8 Å². The minimum absolute atomic E-state index is 0.0519. The molecule has 6 nitrogen and oxygen atoms in total. The number of ketones is 1. The summed E-state index contributed by atoms with van der Waals surface area (Å²) in [5.74, 6) is -3.11. The van der Waals surface area contributed by atoms with Gasteiger partial charge in [-0.1, -0.05) is 0 Å². The number of benzene rings is 1. The van der Waals surface area contributed by atoms with Gasteiger partial charge in [0.2, 0.25) is 5.78 Å². The molecule has 0 unspecified atom stereocenters. The molecule has 1 amide bonds. The molecule has 3 rings (SSSR count). The molecule has 0 saturated heterocycles. The van der Waals surface area contributed by atoms with Crippen molar-refractivity contribution in [2.24, 2.45) is 0 Å². The van der Waals surface area contributed by atoms with Crippen LogP contribution in [0.4, 0.5) is 19.3 Å². The number of halogens is 3. The Morgan fingerprint density at radius 2 is 1.96 bits per heavy atom. The fourth-order valence-corrected chi connectivity index (χ4v) is 2.90. The van der Waals surface area contributed by atoms with Gasteiger partial charge < -0.3 is 9.72 Å². The Bertz CT molecular complexity index is 1090. The van der Waals surface area contributed by atoms with Gasteiger partial charge in [0, 0.05) is 27.8 Å². The molecular formula is C19H16BrF2N3O3. The summed E-state index contributed by atoms with van der Waals surface area (Å²) < 4.78 is 34.9. The van der Waals surface area contributed by atoms with Crippen LogP contribution in [0.2, 0.25) is 0 Å². The number of H-pyrrole nitrogens is 1. The molecule has 1 aromatic carbocycles. The zero-order valence-corrected chi connectivity index (χ0v) is 16.8. The van der Waals surface area contributed by atoms with Crippen molar-refractivity contribution in [3.8, 4) is 0 Å². The first-order valence-electron chi connectivity index (χ1n) is 8.22. The van der Waals surface area contributed by atoms with Crippen molar-refractivity contribution in [2.45, 2.75) is 26.4 Å². The Morgan fingerprint density at radius 3 is 2.64 bits per heavy atom. The van der Waals surface area contributed by atoms with E-state index >= 15 is 0 Å². The summed E-state index contributed by atoms with van der Waals surface area (Å²) in [4.78, 5) is 31.6. The van der Waals surface area contributed by atoms with E-state index in [-0.39, 0.29) is 11.3 Å². The SMILES string of the molecule is CC(C)(C)OC(=O)Nc1ccc(F)c(C(=O)c2c[nH]c3ncc(Br)cc23)c1F. The molecule has 9 heteroatoms. The second-order valence-corrected chi connectivity index (χ2v) is 7.91. The predicted molar refractivity (Wildman–Crippen MR) is 103 cm³/mol. The fraction of sp³-hybridized carbons (Fsp3) is 0.211. The quantitative estimate of drug-likeness (QED) is 0.537. The van der Waals surface area contributed by atoms with Gasteiger partial charge >= 0.3 is 6.09 Å². The monoisotopic (exact) mass is 451 g/mol. The molecule has 2 N–H and O–H groups in total. The van der Waals surface area contributed by atoms with Gasteiger partial charge in [-0.3, -0.25) is 10.1 Å². The zero-order valence-electron chi connectivity index (χ0n) is 15.2. The summed E-state index contributed by atoms with van der Waals surface area (Å²) in [6.45, 7) is 4.93. The van der Waals surface area contributed by atoms with E-state index in [1.165, 1.54) is 12.4 Å². The lowest BCUT2D eigenvalue weighted by Crippen LogP contribution is -2.27. The standard InChI is InChI=1S/C19H16BrF2N3O3/c1-19(2,3)28-18(27)25-13-5-4-12(21)14(15(13)22)16(26)11-8-24-17-10(11)6-9(20)7-23-17/h4-8H,1-3H3,(H,23,24)(H,25,27). The first-order valence-corrected chi connectivity index (χ1v) is 9.01. The minimum Gasteiger partial charge on any atom is -0.444 e. The van der Waals surface area contributed by atoms with Gasteiger partial charge in [0.25, 0.3) is 0 Å². The third-order valence-corrected chi connectivity index (χ3v) is 4.13. The van der Waals surface area contributed by atoms with E-state index in [4.69, 9.17) is 4.74 Å². The molecule has 146 valence electrons. The lowest BCUT2D eigenvalue weighted by molar-refractivity contribution is 0.0634. The topological polar surface area (TPSA) is 84.1 Å². The Labute approximate surface area is 167 Å². The first-order chi connectivity index (χ1) is 13.1. The van der Waals surface area contributed by atoms with Crippen LogP contribution in [0.15, 0.2) is 35.1 Å². The summed E-state index contributed by atoms with van der Waals surface area (Å²) in [5.41, 5.74) is -1.50. The highest BCUT2D eigenvalue weighted by Crippen LogP contribution is 2.28. The predicted octanol–water partition coefficient (Wildman–Crippen LogP) is 5.18. The average molecular weight is 452 g/mol. The number of nitrogens with zero attached hydrogens (tertiary/aromatic N) is 1. The van der Waals surface area contributed by atoms with Crippen LogP contribution in [-0.2, 0) is 4.74 Å². The van der Waals surface area contributed by atoms with Crippen molar-refractivity contribution < 1.29 is 23.1 Å². The number of aromatic amines is 1. The van der Waals surface area contributed by atoms with Gasteiger partial charge in [-0.25, -0.2) is 18.6 Å². The summed E-state index contributed by atoms with van der Waals surface area (Å²) in [5, 5.41) is 2.60. The highest BCUT2D eigenvalue weighted by Gasteiger charge is 2.26. The number of carbonyl (C=O) groups is 2. The van der Waals surface area contributed by atoms with Gasteiger partial charge in [-0.15, -0.1) is 0 Å². The van der Waals surface area contributed by atoms with Gasteiger partial charge in [-0.2, -0.15) is 0 Å². The van der Waals surface area contributed by atoms with E-state index < -0.39 is 34.7 Å². The molecule has 0 aliphatic heterocycles. The number of carbonyl (C=O) groups excluding carboxylic acids is 2. The van der Waals surface area contributed by atoms with Gasteiger partial charge in [0.05, 0.1) is 11.3 Å². The molecule has 0 saturated carbocycles. The van der Waals surface area contributed by atoms with Gasteiger partial charge in [0.1, 0.15) is 17.1 Å². The number of rotatable bonds is 3. The summed E-state index contributed by atoms with van der Waals surface area (Å²) in [6.07, 6.45) is 1.94. The van der Waals surface area contributed by atoms with Crippen LogP contribution in [0.5, 0.6) is 0 Å². The third kappa shape index (κ3) is 4.04. The van der Waals surface area contributed by atoms with E-state index in [0.29, 0.717) is 15.5 Å². The highest BCUT2D eigenvalue weighted by atomic mass is 79.9. The van der Waals surface area contributed by atoms with E-state index in [2.05, 4.69) is 31.2 Å². The fourth-order valence-electron chi connectivity index (χ4n) is 2.57. The number of pyridine rings is 1. The average Bonchev–Trinajstić information content (AvgIpc) is 2.98. The van der Waals surface area contributed by atoms with E-state index in [1.807, 2.05) is 0 Å². The van der Waals surface area contributed by atoms with E-state index in [1.54, 1.807) is 26.8 Å². The van der Waals surface area contributed by atoms with Gasteiger partial charge in [-0.05, 0) is 54.9 Å². The largest absolute Gasteiger partial charge is 0.444 e. The summed E-state index contributed by atoms with van der Waals surface area (Å²) in [6, 6.07) is 3.55. The van der Waals surface area contributed by atoms with Crippen molar-refractivity contribution in [1.82, 2.24) is 9.97 Å². The molecule has 0 radical (unpaired) electrons. The maximum Gasteiger partial charge on any atom is 0.412 e. The van der Waals surface area contributed by atoms with Crippen molar-refractivity contribution >= 4 is 44.5 Å². The Balaban J connectivity index is 2.00. The Kier molecular flexibility index (Phi) is 5.20. The zero-order chi connectivity index (χ0) is 20.6. The van der Waals surface area contributed by atoms with Crippen LogP contribution in [0, 0.1) is 11.6 Å². The maximum absolute atomic E-state index is 14.9. The number of hydrogen-bond donors (Lipinski definition) is 2. The maximum atomic E-state index is 14.9. The molecular weight excluding hydrogens is 436 g/mol. The summed E-state index contributed by atoms with van der Waals surface area (Å²) in [7, 11) is 0. The normalized spacial score (nSPS) is 11.5. The summed E-state index contributed by atoms with van der Waals surface area (Å²) >= 11 is 3.25. The van der Waals surface area contributed by atoms with Gasteiger partial charge in [0.15, 0.2) is 5.82 Å². The lowest BCUT2D eigenvalue weighted by Gasteiger charge is -2.20. The van der Waals surface area contributed by atoms with E-state index in [0.717, 1.165) is 12.1 Å². The number of hydrogen-bond acceptors (Lipinski definition) is 4. The van der Waals surface area contributed by atoms with Crippen molar-refractivity contribution in [2.75, 3.05) is 5.32 Å². The van der Waals surface area contributed by atoms with E-state index in [9.17, 15) is 18.4 Å². The minimum atomic E-state index is -1.19. The van der Waals surface area contributed by atoms with Crippen LogP contribution in [0.1, 0.15) is 36.7 Å². The number of fused-ring (bicyclic) bond motifs is 1. The second kappa shape index (κ2) is 7.31. The number of nitrogens with one attached hydrogen (secondary N) is 2. The molecule has 28 heavy (non-hydrogen) atoms.